The van der Waals surface area contributed by atoms with Crippen LogP contribution in [0.4, 0.5) is 4.48 Å². The minimum atomic E-state index is -0.967. The van der Waals surface area contributed by atoms with Crippen LogP contribution in [0.15, 0.2) is 12.2 Å². The Labute approximate surface area is 90.9 Å². The third kappa shape index (κ3) is 7.48. The molecule has 0 saturated heterocycles. The number of allylic oxidation sites excluding steroid dienone is 1. The molecule has 0 spiro atoms. The van der Waals surface area contributed by atoms with E-state index in [2.05, 4.69) is 6.92 Å². The minimum Gasteiger partial charge on any atom is -0.395 e. The molecule has 2 atom stereocenters. The quantitative estimate of drug-likeness (QED) is 0.314. The van der Waals surface area contributed by atoms with Gasteiger partial charge in [0.2, 0.25) is 0 Å². The summed E-state index contributed by atoms with van der Waals surface area (Å²) in [5.41, 5.74) is 1.36. The molecule has 0 aliphatic carbocycles. The van der Waals surface area contributed by atoms with E-state index < -0.39 is 18.8 Å². The lowest BCUT2D eigenvalue weighted by Crippen LogP contribution is -2.37. The SMILES string of the molecule is CCCCCC/C=C/C(O)C(CO)NF. The second-order valence-electron chi connectivity index (χ2n) is 3.67. The van der Waals surface area contributed by atoms with Gasteiger partial charge in [-0.25, -0.2) is 0 Å². The molecule has 0 saturated carbocycles. The van der Waals surface area contributed by atoms with Crippen LogP contribution in [0, 0.1) is 0 Å². The van der Waals surface area contributed by atoms with Gasteiger partial charge in [0.05, 0.1) is 18.8 Å². The molecule has 0 heterocycles. The van der Waals surface area contributed by atoms with E-state index >= 15 is 0 Å². The average Bonchev–Trinajstić information content (AvgIpc) is 2.25. The molecule has 0 radical (unpaired) electrons. The van der Waals surface area contributed by atoms with E-state index in [1.165, 1.54) is 30.9 Å². The number of hydrogen-bond donors (Lipinski definition) is 3. The molecule has 0 rings (SSSR count). The Morgan fingerprint density at radius 1 is 1.33 bits per heavy atom. The summed E-state index contributed by atoms with van der Waals surface area (Å²) < 4.78 is 12.0. The Bertz CT molecular complexity index is 161. The molecule has 0 amide bonds. The van der Waals surface area contributed by atoms with Crippen LogP contribution in [0.25, 0.3) is 0 Å². The lowest BCUT2D eigenvalue weighted by atomic mass is 10.1. The summed E-state index contributed by atoms with van der Waals surface area (Å²) in [6.45, 7) is 1.73. The number of rotatable bonds is 9. The predicted molar refractivity (Wildman–Crippen MR) is 59.0 cm³/mol. The zero-order chi connectivity index (χ0) is 11.5. The smallest absolute Gasteiger partial charge is 0.0922 e. The third-order valence-corrected chi connectivity index (χ3v) is 2.31. The monoisotopic (exact) mass is 219 g/mol. The van der Waals surface area contributed by atoms with E-state index in [9.17, 15) is 9.59 Å². The third-order valence-electron chi connectivity index (χ3n) is 2.31. The lowest BCUT2D eigenvalue weighted by Gasteiger charge is -2.13. The highest BCUT2D eigenvalue weighted by Gasteiger charge is 2.14. The van der Waals surface area contributed by atoms with Crippen molar-refractivity contribution in [2.75, 3.05) is 6.61 Å². The maximum Gasteiger partial charge on any atom is 0.0922 e. The summed E-state index contributed by atoms with van der Waals surface area (Å²) in [5, 5.41) is 18.0. The van der Waals surface area contributed by atoms with Gasteiger partial charge in [0, 0.05) is 0 Å². The van der Waals surface area contributed by atoms with Crippen molar-refractivity contribution in [2.45, 2.75) is 51.2 Å². The van der Waals surface area contributed by atoms with Crippen molar-refractivity contribution in [3.8, 4) is 0 Å². The van der Waals surface area contributed by atoms with Gasteiger partial charge in [-0.15, -0.1) is 4.48 Å². The van der Waals surface area contributed by atoms with Gasteiger partial charge in [0.15, 0.2) is 0 Å². The Kier molecular flexibility index (Phi) is 9.78. The Morgan fingerprint density at radius 2 is 2.07 bits per heavy atom. The molecule has 0 bridgehead atoms. The average molecular weight is 219 g/mol. The molecule has 0 aromatic carbocycles. The standard InChI is InChI=1S/C11H22FNO2/c1-2-3-4-5-6-7-8-11(15)10(9-14)13-12/h7-8,10-11,13-15H,2-6,9H2,1H3/b8-7+. The Hall–Kier alpha value is -0.450. The fraction of sp³-hybridized carbons (Fsp3) is 0.818. The van der Waals surface area contributed by atoms with E-state index in [0.29, 0.717) is 0 Å². The molecule has 0 aromatic rings. The second-order valence-corrected chi connectivity index (χ2v) is 3.67. The number of aliphatic hydroxyl groups excluding tert-OH is 2. The van der Waals surface area contributed by atoms with Crippen LogP contribution in [0.5, 0.6) is 0 Å². The van der Waals surface area contributed by atoms with Crippen LogP contribution in [0.1, 0.15) is 39.0 Å². The first-order valence-corrected chi connectivity index (χ1v) is 5.58. The normalized spacial score (nSPS) is 15.7. The molecule has 0 aliphatic heterocycles. The van der Waals surface area contributed by atoms with Crippen LogP contribution < -0.4 is 5.54 Å². The van der Waals surface area contributed by atoms with E-state index in [-0.39, 0.29) is 0 Å². The number of aliphatic hydroxyl groups is 2. The zero-order valence-corrected chi connectivity index (χ0v) is 9.32. The summed E-state index contributed by atoms with van der Waals surface area (Å²) in [6.07, 6.45) is 7.98. The maximum atomic E-state index is 12.0. The van der Waals surface area contributed by atoms with Gasteiger partial charge in [-0.1, -0.05) is 38.3 Å². The second kappa shape index (κ2) is 10.1. The zero-order valence-electron chi connectivity index (χ0n) is 9.32. The Morgan fingerprint density at radius 3 is 2.60 bits per heavy atom. The molecule has 0 fully saturated rings. The van der Waals surface area contributed by atoms with E-state index in [0.717, 1.165) is 12.8 Å². The fourth-order valence-corrected chi connectivity index (χ4v) is 1.27. The van der Waals surface area contributed by atoms with Gasteiger partial charge >= 0.3 is 0 Å². The van der Waals surface area contributed by atoms with Crippen molar-refractivity contribution < 1.29 is 14.7 Å². The van der Waals surface area contributed by atoms with Crippen molar-refractivity contribution in [3.05, 3.63) is 12.2 Å². The van der Waals surface area contributed by atoms with E-state index in [1.807, 2.05) is 6.08 Å². The fourth-order valence-electron chi connectivity index (χ4n) is 1.27. The van der Waals surface area contributed by atoms with Crippen molar-refractivity contribution in [3.63, 3.8) is 0 Å². The molecule has 2 unspecified atom stereocenters. The maximum absolute atomic E-state index is 12.0. The lowest BCUT2D eigenvalue weighted by molar-refractivity contribution is 0.0819. The van der Waals surface area contributed by atoms with Gasteiger partial charge in [0.25, 0.3) is 0 Å². The highest BCUT2D eigenvalue weighted by molar-refractivity contribution is 4.93. The molecule has 3 nitrogen and oxygen atoms in total. The first-order chi connectivity index (χ1) is 7.26. The molecule has 15 heavy (non-hydrogen) atoms. The minimum absolute atomic E-state index is 0.419. The van der Waals surface area contributed by atoms with Crippen molar-refractivity contribution in [1.29, 1.82) is 0 Å². The largest absolute Gasteiger partial charge is 0.395 e. The van der Waals surface area contributed by atoms with Crippen LogP contribution >= 0.6 is 0 Å². The Balaban J connectivity index is 3.56. The van der Waals surface area contributed by atoms with Crippen LogP contribution in [0.2, 0.25) is 0 Å². The van der Waals surface area contributed by atoms with E-state index in [1.54, 1.807) is 0 Å². The molecule has 0 aliphatic rings. The van der Waals surface area contributed by atoms with Crippen molar-refractivity contribution in [2.24, 2.45) is 0 Å². The predicted octanol–water partition coefficient (Wildman–Crippen LogP) is 1.71. The molecular weight excluding hydrogens is 197 g/mol. The topological polar surface area (TPSA) is 52.5 Å². The first-order valence-electron chi connectivity index (χ1n) is 5.58. The number of halogens is 1. The van der Waals surface area contributed by atoms with Crippen molar-refractivity contribution in [1.82, 2.24) is 5.54 Å². The molecular formula is C11H22FNO2. The summed E-state index contributed by atoms with van der Waals surface area (Å²) in [7, 11) is 0. The van der Waals surface area contributed by atoms with Crippen LogP contribution in [0.3, 0.4) is 0 Å². The number of nitrogens with one attached hydrogen (secondary N) is 1. The van der Waals surface area contributed by atoms with E-state index in [4.69, 9.17) is 5.11 Å². The highest BCUT2D eigenvalue weighted by Crippen LogP contribution is 2.04. The van der Waals surface area contributed by atoms with Crippen LogP contribution in [-0.2, 0) is 0 Å². The van der Waals surface area contributed by atoms with Gasteiger partial charge in [-0.2, -0.15) is 5.54 Å². The molecule has 4 heteroatoms. The summed E-state index contributed by atoms with van der Waals surface area (Å²) in [6, 6.07) is -0.920. The summed E-state index contributed by atoms with van der Waals surface area (Å²) in [5.74, 6) is 0. The van der Waals surface area contributed by atoms with Gasteiger partial charge in [0.1, 0.15) is 0 Å². The summed E-state index contributed by atoms with van der Waals surface area (Å²) >= 11 is 0. The molecule has 3 N–H and O–H groups in total. The highest BCUT2D eigenvalue weighted by atomic mass is 19.2. The van der Waals surface area contributed by atoms with Gasteiger partial charge < -0.3 is 10.2 Å². The van der Waals surface area contributed by atoms with Crippen LogP contribution in [-0.4, -0.2) is 29.0 Å². The molecule has 90 valence electrons. The van der Waals surface area contributed by atoms with Gasteiger partial charge in [-0.3, -0.25) is 0 Å². The first kappa shape index (κ1) is 14.6. The number of unbranched alkanes of at least 4 members (excludes halogenated alkanes) is 4. The van der Waals surface area contributed by atoms with Crippen molar-refractivity contribution >= 4 is 0 Å². The summed E-state index contributed by atoms with van der Waals surface area (Å²) in [4.78, 5) is 0. The molecule has 0 aromatic heterocycles. The van der Waals surface area contributed by atoms with Gasteiger partial charge in [-0.05, 0) is 12.8 Å². The number of hydrogen-bond acceptors (Lipinski definition) is 3.